The number of hydrogen-bond acceptors (Lipinski definition) is 3. The van der Waals surface area contributed by atoms with Gasteiger partial charge in [0.2, 0.25) is 5.91 Å². The van der Waals surface area contributed by atoms with Gasteiger partial charge in [-0.2, -0.15) is 0 Å². The van der Waals surface area contributed by atoms with Crippen molar-refractivity contribution in [3.8, 4) is 0 Å². The molecule has 2 unspecified atom stereocenters. The van der Waals surface area contributed by atoms with Crippen LogP contribution in [0, 0.1) is 0 Å². The Bertz CT molecular complexity index is 834. The van der Waals surface area contributed by atoms with Crippen LogP contribution in [0.5, 0.6) is 0 Å². The SMILES string of the molecule is CC/C=C\C/C=C\C/C=C\C/C=C\C/C=C\C/C=C\CCCCC(=O)NC(CO)C(O)/C=C/CCCCCCCCCCC. The maximum Gasteiger partial charge on any atom is 0.220 e. The molecule has 0 saturated heterocycles. The number of aliphatic hydroxyl groups excluding tert-OH is 2. The average Bonchev–Trinajstić information content (AvgIpc) is 3.03. The van der Waals surface area contributed by atoms with Gasteiger partial charge in [-0.3, -0.25) is 4.79 Å². The summed E-state index contributed by atoms with van der Waals surface area (Å²) in [6, 6.07) is -0.648. The Morgan fingerprint density at radius 3 is 1.50 bits per heavy atom. The molecule has 0 spiro atoms. The molecule has 0 rings (SSSR count). The van der Waals surface area contributed by atoms with Crippen molar-refractivity contribution >= 4 is 5.91 Å². The van der Waals surface area contributed by atoms with Gasteiger partial charge in [0.25, 0.3) is 0 Å². The summed E-state index contributed by atoms with van der Waals surface area (Å²) in [5.41, 5.74) is 0. The van der Waals surface area contributed by atoms with Crippen LogP contribution in [0.3, 0.4) is 0 Å². The van der Waals surface area contributed by atoms with E-state index in [0.29, 0.717) is 6.42 Å². The van der Waals surface area contributed by atoms with Crippen LogP contribution in [0.1, 0.15) is 142 Å². The van der Waals surface area contributed by atoms with Crippen LogP contribution in [0.15, 0.2) is 85.1 Å². The number of nitrogens with one attached hydrogen (secondary N) is 1. The monoisotopic (exact) mass is 610 g/mol. The lowest BCUT2D eigenvalue weighted by Gasteiger charge is -2.19. The molecule has 4 heteroatoms. The molecule has 0 aromatic carbocycles. The molecule has 0 bridgehead atoms. The molecule has 0 aliphatic heterocycles. The number of amides is 1. The molecule has 0 heterocycles. The zero-order valence-electron chi connectivity index (χ0n) is 28.4. The zero-order valence-corrected chi connectivity index (χ0v) is 28.4. The number of unbranched alkanes of at least 4 members (excludes halogenated alkanes) is 11. The van der Waals surface area contributed by atoms with Crippen molar-refractivity contribution < 1.29 is 15.0 Å². The van der Waals surface area contributed by atoms with Crippen molar-refractivity contribution in [3.05, 3.63) is 85.1 Å². The predicted octanol–water partition coefficient (Wildman–Crippen LogP) is 10.6. The second-order valence-electron chi connectivity index (χ2n) is 11.6. The summed E-state index contributed by atoms with van der Waals surface area (Å²) in [6.07, 6.45) is 50.9. The predicted molar refractivity (Wildman–Crippen MR) is 193 cm³/mol. The van der Waals surface area contributed by atoms with Gasteiger partial charge in [-0.25, -0.2) is 0 Å². The molecule has 44 heavy (non-hydrogen) atoms. The van der Waals surface area contributed by atoms with Crippen LogP contribution in [0.2, 0.25) is 0 Å². The van der Waals surface area contributed by atoms with E-state index in [9.17, 15) is 15.0 Å². The highest BCUT2D eigenvalue weighted by atomic mass is 16.3. The van der Waals surface area contributed by atoms with Gasteiger partial charge in [0.1, 0.15) is 0 Å². The first-order chi connectivity index (χ1) is 21.7. The first-order valence-electron chi connectivity index (χ1n) is 17.8. The van der Waals surface area contributed by atoms with E-state index >= 15 is 0 Å². The Morgan fingerprint density at radius 1 is 0.568 bits per heavy atom. The van der Waals surface area contributed by atoms with Crippen LogP contribution in [0.4, 0.5) is 0 Å². The lowest BCUT2D eigenvalue weighted by molar-refractivity contribution is -0.123. The summed E-state index contributed by atoms with van der Waals surface area (Å²) in [4.78, 5) is 12.3. The molecule has 3 N–H and O–H groups in total. The van der Waals surface area contributed by atoms with Crippen molar-refractivity contribution in [1.29, 1.82) is 0 Å². The fourth-order valence-corrected chi connectivity index (χ4v) is 4.65. The van der Waals surface area contributed by atoms with Crippen LogP contribution in [0.25, 0.3) is 0 Å². The number of carbonyl (C=O) groups is 1. The van der Waals surface area contributed by atoms with Crippen molar-refractivity contribution in [2.24, 2.45) is 0 Å². The number of allylic oxidation sites excluding steroid dienone is 13. The van der Waals surface area contributed by atoms with Crippen molar-refractivity contribution in [2.45, 2.75) is 154 Å². The molecule has 0 aliphatic rings. The maximum atomic E-state index is 12.3. The average molecular weight is 610 g/mol. The molecular weight excluding hydrogens is 542 g/mol. The van der Waals surface area contributed by atoms with Gasteiger partial charge < -0.3 is 15.5 Å². The highest BCUT2D eigenvalue weighted by Gasteiger charge is 2.17. The molecule has 0 aromatic heterocycles. The summed E-state index contributed by atoms with van der Waals surface area (Å²) in [5, 5.41) is 22.8. The lowest BCUT2D eigenvalue weighted by Crippen LogP contribution is -2.45. The molecule has 0 saturated carbocycles. The van der Waals surface area contributed by atoms with Gasteiger partial charge in [-0.05, 0) is 70.6 Å². The van der Waals surface area contributed by atoms with E-state index in [2.05, 4.69) is 92.1 Å². The first-order valence-corrected chi connectivity index (χ1v) is 17.8. The molecule has 0 aromatic rings. The van der Waals surface area contributed by atoms with Crippen LogP contribution in [-0.4, -0.2) is 34.9 Å². The Kier molecular flexibility index (Phi) is 33.1. The quantitative estimate of drug-likeness (QED) is 0.0560. The Balaban J connectivity index is 3.80. The van der Waals surface area contributed by atoms with E-state index in [-0.39, 0.29) is 12.5 Å². The minimum atomic E-state index is -0.860. The maximum absolute atomic E-state index is 12.3. The van der Waals surface area contributed by atoms with E-state index in [4.69, 9.17) is 0 Å². The van der Waals surface area contributed by atoms with Gasteiger partial charge in [-0.15, -0.1) is 0 Å². The Morgan fingerprint density at radius 2 is 1.00 bits per heavy atom. The lowest BCUT2D eigenvalue weighted by atomic mass is 10.1. The Labute approximate surface area is 271 Å². The highest BCUT2D eigenvalue weighted by molar-refractivity contribution is 5.76. The van der Waals surface area contributed by atoms with Gasteiger partial charge in [0.15, 0.2) is 0 Å². The standard InChI is InChI=1S/C40H67NO3/c1-3-5-7-9-11-13-15-16-17-18-19-20-21-22-23-24-26-28-30-32-34-36-40(44)41-38(37-42)39(43)35-33-31-29-27-25-14-12-10-8-6-4-2/h5,7,11,13,16-17,19-20,22-23,26,28,33,35,38-39,42-43H,3-4,6,8-10,12,14-15,18,21,24-25,27,29-32,34,36-37H2,1-2H3,(H,41,44)/b7-5-,13-11-,17-16-,20-19-,23-22-,28-26-,35-33+. The fraction of sp³-hybridized carbons (Fsp3) is 0.625. The van der Waals surface area contributed by atoms with Crippen LogP contribution < -0.4 is 5.32 Å². The van der Waals surface area contributed by atoms with E-state index in [1.807, 2.05) is 6.08 Å². The number of rotatable bonds is 30. The van der Waals surface area contributed by atoms with E-state index < -0.39 is 12.1 Å². The van der Waals surface area contributed by atoms with E-state index in [0.717, 1.165) is 70.6 Å². The van der Waals surface area contributed by atoms with Gasteiger partial charge in [0, 0.05) is 6.42 Å². The summed E-state index contributed by atoms with van der Waals surface area (Å²) in [6.45, 7) is 4.13. The van der Waals surface area contributed by atoms with E-state index in [1.165, 1.54) is 51.4 Å². The van der Waals surface area contributed by atoms with Crippen LogP contribution >= 0.6 is 0 Å². The third kappa shape index (κ3) is 31.0. The molecule has 4 nitrogen and oxygen atoms in total. The topological polar surface area (TPSA) is 69.6 Å². The summed E-state index contributed by atoms with van der Waals surface area (Å²) < 4.78 is 0. The zero-order chi connectivity index (χ0) is 32.2. The molecule has 2 atom stereocenters. The summed E-state index contributed by atoms with van der Waals surface area (Å²) >= 11 is 0. The minimum absolute atomic E-state index is 0.113. The second kappa shape index (κ2) is 35.1. The minimum Gasteiger partial charge on any atom is -0.394 e. The third-order valence-corrected chi connectivity index (χ3v) is 7.38. The van der Waals surface area contributed by atoms with Gasteiger partial charge in [0.05, 0.1) is 18.8 Å². The highest BCUT2D eigenvalue weighted by Crippen LogP contribution is 2.11. The Hall–Kier alpha value is -2.43. The molecule has 250 valence electrons. The largest absolute Gasteiger partial charge is 0.394 e. The fourth-order valence-electron chi connectivity index (χ4n) is 4.65. The molecule has 0 fully saturated rings. The normalized spacial score (nSPS) is 14.2. The molecule has 1 amide bonds. The smallest absolute Gasteiger partial charge is 0.220 e. The molecule has 0 aliphatic carbocycles. The number of aliphatic hydroxyl groups is 2. The molecular formula is C40H67NO3. The van der Waals surface area contributed by atoms with E-state index in [1.54, 1.807) is 6.08 Å². The second-order valence-corrected chi connectivity index (χ2v) is 11.6. The van der Waals surface area contributed by atoms with Crippen molar-refractivity contribution in [3.63, 3.8) is 0 Å². The third-order valence-electron chi connectivity index (χ3n) is 7.38. The summed E-state index contributed by atoms with van der Waals surface area (Å²) in [7, 11) is 0. The first kappa shape index (κ1) is 41.6. The van der Waals surface area contributed by atoms with Crippen molar-refractivity contribution in [2.75, 3.05) is 6.61 Å². The van der Waals surface area contributed by atoms with Gasteiger partial charge in [-0.1, -0.05) is 150 Å². The van der Waals surface area contributed by atoms with Crippen LogP contribution in [-0.2, 0) is 4.79 Å². The molecule has 0 radical (unpaired) electrons. The number of hydrogen-bond donors (Lipinski definition) is 3. The van der Waals surface area contributed by atoms with Gasteiger partial charge >= 0.3 is 0 Å². The number of carbonyl (C=O) groups excluding carboxylic acids is 1. The summed E-state index contributed by atoms with van der Waals surface area (Å²) in [5.74, 6) is -0.113. The van der Waals surface area contributed by atoms with Crippen molar-refractivity contribution in [1.82, 2.24) is 5.32 Å².